The van der Waals surface area contributed by atoms with Crippen LogP contribution in [0.15, 0.2) is 4.99 Å². The maximum absolute atomic E-state index is 6.18. The predicted molar refractivity (Wildman–Crippen MR) is 104 cm³/mol. The Labute approximate surface area is 154 Å². The van der Waals surface area contributed by atoms with E-state index in [0.29, 0.717) is 6.10 Å². The van der Waals surface area contributed by atoms with E-state index >= 15 is 0 Å². The monoisotopic (exact) mass is 353 g/mol. The van der Waals surface area contributed by atoms with E-state index in [9.17, 15) is 0 Å². The summed E-state index contributed by atoms with van der Waals surface area (Å²) in [6.45, 7) is 10.4. The molecule has 5 nitrogen and oxygen atoms in total. The van der Waals surface area contributed by atoms with Crippen LogP contribution in [0.3, 0.4) is 0 Å². The fraction of sp³-hybridized carbons (Fsp3) is 0.950. The Balaban J connectivity index is 1.72. The molecule has 5 heteroatoms. The molecule has 1 atom stereocenters. The van der Waals surface area contributed by atoms with Gasteiger partial charge in [-0.1, -0.05) is 33.6 Å². The Morgan fingerprint density at radius 2 is 1.80 bits per heavy atom. The van der Waals surface area contributed by atoms with Crippen molar-refractivity contribution in [3.8, 4) is 0 Å². The summed E-state index contributed by atoms with van der Waals surface area (Å²) in [5.74, 6) is 1.80. The fourth-order valence-corrected chi connectivity index (χ4v) is 3.94. The van der Waals surface area contributed by atoms with Gasteiger partial charge in [-0.05, 0) is 37.0 Å². The lowest BCUT2D eigenvalue weighted by atomic mass is 9.89. The van der Waals surface area contributed by atoms with E-state index in [-0.39, 0.29) is 11.5 Å². The first kappa shape index (κ1) is 20.5. The Morgan fingerprint density at radius 3 is 2.32 bits per heavy atom. The van der Waals surface area contributed by atoms with Crippen molar-refractivity contribution in [2.45, 2.75) is 71.5 Å². The first-order chi connectivity index (χ1) is 11.9. The van der Waals surface area contributed by atoms with Crippen LogP contribution < -0.4 is 5.32 Å². The summed E-state index contributed by atoms with van der Waals surface area (Å²) in [7, 11) is 3.65. The molecule has 1 unspecified atom stereocenters. The van der Waals surface area contributed by atoms with Gasteiger partial charge in [0.1, 0.15) is 0 Å². The third-order valence-electron chi connectivity index (χ3n) is 5.69. The molecule has 1 saturated carbocycles. The van der Waals surface area contributed by atoms with Crippen LogP contribution in [0.2, 0.25) is 0 Å². The molecule has 0 amide bonds. The number of likely N-dealkylation sites (tertiary alicyclic amines) is 1. The van der Waals surface area contributed by atoms with Gasteiger partial charge in [0, 0.05) is 40.4 Å². The second-order valence-corrected chi connectivity index (χ2v) is 8.69. The predicted octanol–water partition coefficient (Wildman–Crippen LogP) is 3.29. The first-order valence-electron chi connectivity index (χ1n) is 10.0. The summed E-state index contributed by atoms with van der Waals surface area (Å²) in [6.07, 6.45) is 8.30. The van der Waals surface area contributed by atoms with Gasteiger partial charge in [-0.2, -0.15) is 0 Å². The molecular formula is C20H39N3O2. The molecule has 1 aliphatic heterocycles. The maximum Gasteiger partial charge on any atom is 0.193 e. The third kappa shape index (κ3) is 6.45. The molecule has 0 aromatic carbocycles. The van der Waals surface area contributed by atoms with Crippen LogP contribution in [-0.2, 0) is 9.47 Å². The minimum Gasteiger partial charge on any atom is -0.379 e. The van der Waals surface area contributed by atoms with Crippen LogP contribution in [-0.4, -0.2) is 63.5 Å². The molecule has 146 valence electrons. The molecular weight excluding hydrogens is 314 g/mol. The quantitative estimate of drug-likeness (QED) is 0.588. The van der Waals surface area contributed by atoms with Crippen LogP contribution in [0.4, 0.5) is 0 Å². The molecule has 0 radical (unpaired) electrons. The number of hydrogen-bond donors (Lipinski definition) is 1. The minimum atomic E-state index is 0.113. The van der Waals surface area contributed by atoms with Crippen molar-refractivity contribution in [1.82, 2.24) is 10.2 Å². The number of piperidine rings is 1. The van der Waals surface area contributed by atoms with Crippen molar-refractivity contribution < 1.29 is 9.47 Å². The molecule has 25 heavy (non-hydrogen) atoms. The van der Waals surface area contributed by atoms with Crippen molar-refractivity contribution in [2.24, 2.45) is 16.3 Å². The summed E-state index contributed by atoms with van der Waals surface area (Å²) in [6, 6.07) is 0. The Kier molecular flexibility index (Phi) is 8.01. The number of aliphatic imine (C=N–C) groups is 1. The highest BCUT2D eigenvalue weighted by molar-refractivity contribution is 5.80. The van der Waals surface area contributed by atoms with E-state index in [1.165, 1.54) is 25.7 Å². The third-order valence-corrected chi connectivity index (χ3v) is 5.69. The summed E-state index contributed by atoms with van der Waals surface area (Å²) >= 11 is 0. The van der Waals surface area contributed by atoms with E-state index in [0.717, 1.165) is 51.0 Å². The first-order valence-corrected chi connectivity index (χ1v) is 10.0. The number of ether oxygens (including phenoxy) is 2. The van der Waals surface area contributed by atoms with Crippen LogP contribution in [0, 0.1) is 11.3 Å². The normalized spacial score (nSPS) is 22.4. The second-order valence-electron chi connectivity index (χ2n) is 8.69. The molecule has 1 aliphatic carbocycles. The van der Waals surface area contributed by atoms with E-state index in [1.54, 1.807) is 7.11 Å². The SMILES string of the molecule is CN=C(NCC(OC)C(C)(C)C)N1CCC(OCC2CCCC2)CC1. The maximum atomic E-state index is 6.18. The molecule has 2 aliphatic rings. The van der Waals surface area contributed by atoms with Crippen molar-refractivity contribution in [1.29, 1.82) is 0 Å². The number of nitrogens with one attached hydrogen (secondary N) is 1. The molecule has 0 aromatic rings. The van der Waals surface area contributed by atoms with Gasteiger partial charge in [0.25, 0.3) is 0 Å². The zero-order valence-electron chi connectivity index (χ0n) is 17.0. The largest absolute Gasteiger partial charge is 0.379 e. The smallest absolute Gasteiger partial charge is 0.193 e. The van der Waals surface area contributed by atoms with Crippen molar-refractivity contribution >= 4 is 5.96 Å². The summed E-state index contributed by atoms with van der Waals surface area (Å²) in [4.78, 5) is 6.82. The zero-order valence-corrected chi connectivity index (χ0v) is 17.0. The number of nitrogens with zero attached hydrogens (tertiary/aromatic N) is 2. The van der Waals surface area contributed by atoms with E-state index in [4.69, 9.17) is 9.47 Å². The molecule has 2 rings (SSSR count). The Bertz CT molecular complexity index is 406. The van der Waals surface area contributed by atoms with Crippen LogP contribution in [0.25, 0.3) is 0 Å². The molecule has 1 N–H and O–H groups in total. The van der Waals surface area contributed by atoms with Gasteiger partial charge in [-0.3, -0.25) is 4.99 Å². The zero-order chi connectivity index (χ0) is 18.3. The van der Waals surface area contributed by atoms with Crippen LogP contribution >= 0.6 is 0 Å². The number of methoxy groups -OCH3 is 1. The van der Waals surface area contributed by atoms with Crippen molar-refractivity contribution in [3.05, 3.63) is 0 Å². The highest BCUT2D eigenvalue weighted by Crippen LogP contribution is 2.26. The number of guanidine groups is 1. The summed E-state index contributed by atoms with van der Waals surface area (Å²) < 4.78 is 11.8. The Hall–Kier alpha value is -0.810. The summed E-state index contributed by atoms with van der Waals surface area (Å²) in [5, 5.41) is 3.50. The van der Waals surface area contributed by atoms with Gasteiger partial charge >= 0.3 is 0 Å². The standard InChI is InChI=1S/C20H39N3O2/c1-20(2,3)18(24-5)14-22-19(21-4)23-12-10-17(11-13-23)25-15-16-8-6-7-9-16/h16-18H,6-15H2,1-5H3,(H,21,22). The van der Waals surface area contributed by atoms with Crippen molar-refractivity contribution in [3.63, 3.8) is 0 Å². The van der Waals surface area contributed by atoms with Gasteiger partial charge in [-0.15, -0.1) is 0 Å². The molecule has 0 aromatic heterocycles. The molecule has 1 saturated heterocycles. The highest BCUT2D eigenvalue weighted by Gasteiger charge is 2.27. The van der Waals surface area contributed by atoms with Crippen molar-refractivity contribution in [2.75, 3.05) is 40.4 Å². The van der Waals surface area contributed by atoms with Gasteiger partial charge in [-0.25, -0.2) is 0 Å². The van der Waals surface area contributed by atoms with E-state index in [1.807, 2.05) is 7.05 Å². The Morgan fingerprint density at radius 1 is 1.16 bits per heavy atom. The molecule has 1 heterocycles. The highest BCUT2D eigenvalue weighted by atomic mass is 16.5. The van der Waals surface area contributed by atoms with Crippen LogP contribution in [0.5, 0.6) is 0 Å². The average molecular weight is 354 g/mol. The van der Waals surface area contributed by atoms with Gasteiger partial charge in [0.15, 0.2) is 5.96 Å². The molecule has 2 fully saturated rings. The molecule has 0 spiro atoms. The van der Waals surface area contributed by atoms with Crippen LogP contribution in [0.1, 0.15) is 59.3 Å². The lowest BCUT2D eigenvalue weighted by Crippen LogP contribution is -2.50. The average Bonchev–Trinajstić information content (AvgIpc) is 3.10. The lowest BCUT2D eigenvalue weighted by molar-refractivity contribution is 0.000191. The van der Waals surface area contributed by atoms with Gasteiger partial charge < -0.3 is 19.7 Å². The van der Waals surface area contributed by atoms with Gasteiger partial charge in [0.2, 0.25) is 0 Å². The molecule has 0 bridgehead atoms. The summed E-state index contributed by atoms with van der Waals surface area (Å²) in [5.41, 5.74) is 0.113. The van der Waals surface area contributed by atoms with E-state index in [2.05, 4.69) is 36.0 Å². The van der Waals surface area contributed by atoms with Gasteiger partial charge in [0.05, 0.1) is 12.2 Å². The second kappa shape index (κ2) is 9.77. The van der Waals surface area contributed by atoms with E-state index < -0.39 is 0 Å². The number of hydrogen-bond acceptors (Lipinski definition) is 3. The fourth-order valence-electron chi connectivity index (χ4n) is 3.94. The number of rotatable bonds is 6. The lowest BCUT2D eigenvalue weighted by Gasteiger charge is -2.36. The minimum absolute atomic E-state index is 0.113. The topological polar surface area (TPSA) is 46.1 Å².